The fourth-order valence-corrected chi connectivity index (χ4v) is 4.61. The van der Waals surface area contributed by atoms with Crippen LogP contribution in [0.2, 0.25) is 5.02 Å². The van der Waals surface area contributed by atoms with E-state index in [0.29, 0.717) is 18.1 Å². The quantitative estimate of drug-likeness (QED) is 0.462. The van der Waals surface area contributed by atoms with Gasteiger partial charge >= 0.3 is 0 Å². The normalized spacial score (nSPS) is 15.2. The summed E-state index contributed by atoms with van der Waals surface area (Å²) >= 11 is 6.00. The Bertz CT molecular complexity index is 1230. The molecule has 162 valence electrons. The van der Waals surface area contributed by atoms with Gasteiger partial charge in [-0.1, -0.05) is 54.1 Å². The number of carbonyl (C=O) groups excluding carboxylic acids is 1. The van der Waals surface area contributed by atoms with Crippen LogP contribution >= 0.6 is 11.6 Å². The predicted octanol–water partition coefficient (Wildman–Crippen LogP) is 5.34. The van der Waals surface area contributed by atoms with Crippen molar-refractivity contribution in [2.75, 3.05) is 31.1 Å². The average molecular weight is 445 g/mol. The van der Waals surface area contributed by atoms with Gasteiger partial charge in [-0.3, -0.25) is 4.79 Å². The number of amides is 1. The average Bonchev–Trinajstić information content (AvgIpc) is 3.33. The summed E-state index contributed by atoms with van der Waals surface area (Å²) in [5, 5.41) is 1.80. The molecule has 0 radical (unpaired) electrons. The van der Waals surface area contributed by atoms with Crippen molar-refractivity contribution in [3.63, 3.8) is 0 Å². The molecule has 6 heteroatoms. The fourth-order valence-electron chi connectivity index (χ4n) is 4.48. The molecule has 4 aromatic rings. The lowest BCUT2D eigenvalue weighted by Gasteiger charge is -2.38. The van der Waals surface area contributed by atoms with Crippen molar-refractivity contribution in [2.24, 2.45) is 0 Å². The molecule has 1 atom stereocenters. The number of hydrogen-bond donors (Lipinski definition) is 1. The third-order valence-corrected chi connectivity index (χ3v) is 6.54. The first-order valence-corrected chi connectivity index (χ1v) is 11.3. The number of aromatic nitrogens is 2. The smallest absolute Gasteiger partial charge is 0.229 e. The van der Waals surface area contributed by atoms with Crippen molar-refractivity contribution >= 4 is 34.2 Å². The highest BCUT2D eigenvalue weighted by atomic mass is 35.5. The van der Waals surface area contributed by atoms with E-state index in [1.54, 1.807) is 0 Å². The van der Waals surface area contributed by atoms with E-state index in [1.165, 1.54) is 5.69 Å². The largest absolute Gasteiger partial charge is 0.367 e. The van der Waals surface area contributed by atoms with Crippen LogP contribution in [-0.2, 0) is 4.79 Å². The first-order chi connectivity index (χ1) is 15.6. The Morgan fingerprint density at radius 2 is 1.72 bits per heavy atom. The fraction of sp³-hybridized carbons (Fsp3) is 0.231. The summed E-state index contributed by atoms with van der Waals surface area (Å²) < 4.78 is 0. The van der Waals surface area contributed by atoms with Crippen LogP contribution in [-0.4, -0.2) is 47.0 Å². The zero-order valence-corrected chi connectivity index (χ0v) is 18.7. The highest BCUT2D eigenvalue weighted by molar-refractivity contribution is 6.30. The van der Waals surface area contributed by atoms with E-state index in [4.69, 9.17) is 11.6 Å². The maximum Gasteiger partial charge on any atom is 0.229 e. The van der Waals surface area contributed by atoms with Gasteiger partial charge in [0, 0.05) is 54.5 Å². The first kappa shape index (κ1) is 20.6. The molecule has 1 amide bonds. The van der Waals surface area contributed by atoms with E-state index in [0.717, 1.165) is 40.8 Å². The van der Waals surface area contributed by atoms with Crippen LogP contribution in [0.1, 0.15) is 18.4 Å². The lowest BCUT2D eigenvalue weighted by atomic mass is 9.99. The van der Waals surface area contributed by atoms with Gasteiger partial charge in [0.25, 0.3) is 0 Å². The summed E-state index contributed by atoms with van der Waals surface area (Å²) in [5.41, 5.74) is 5.33. The minimum atomic E-state index is -0.184. The lowest BCUT2D eigenvalue weighted by molar-refractivity contribution is -0.132. The maximum atomic E-state index is 13.1. The first-order valence-electron chi connectivity index (χ1n) is 10.9. The summed E-state index contributed by atoms with van der Waals surface area (Å²) in [6.45, 7) is 4.92. The van der Waals surface area contributed by atoms with Crippen molar-refractivity contribution < 1.29 is 4.79 Å². The zero-order chi connectivity index (χ0) is 22.1. The number of hydrogen-bond acceptors (Lipinski definition) is 3. The van der Waals surface area contributed by atoms with E-state index in [1.807, 2.05) is 54.5 Å². The van der Waals surface area contributed by atoms with Gasteiger partial charge in [-0.25, -0.2) is 4.98 Å². The molecule has 0 spiro atoms. The molecule has 5 rings (SSSR count). The molecular formula is C26H25ClN4O. The Labute approximate surface area is 192 Å². The zero-order valence-electron chi connectivity index (χ0n) is 18.0. The molecule has 1 fully saturated rings. The second kappa shape index (κ2) is 8.67. The number of aromatic amines is 1. The molecule has 3 heterocycles. The predicted molar refractivity (Wildman–Crippen MR) is 130 cm³/mol. The molecular weight excluding hydrogens is 420 g/mol. The van der Waals surface area contributed by atoms with E-state index in [2.05, 4.69) is 45.2 Å². The number of anilines is 1. The number of benzene rings is 2. The molecule has 0 unspecified atom stereocenters. The number of nitrogens with one attached hydrogen (secondary N) is 1. The van der Waals surface area contributed by atoms with Crippen LogP contribution in [0, 0.1) is 0 Å². The number of pyridine rings is 1. The van der Waals surface area contributed by atoms with E-state index < -0.39 is 0 Å². The molecule has 0 saturated carbocycles. The van der Waals surface area contributed by atoms with Crippen LogP contribution in [0.5, 0.6) is 0 Å². The molecule has 0 aliphatic carbocycles. The Morgan fingerprint density at radius 3 is 2.44 bits per heavy atom. The van der Waals surface area contributed by atoms with Crippen molar-refractivity contribution in [1.82, 2.24) is 14.9 Å². The monoisotopic (exact) mass is 444 g/mol. The number of rotatable bonds is 4. The topological polar surface area (TPSA) is 52.2 Å². The summed E-state index contributed by atoms with van der Waals surface area (Å²) in [5.74, 6) is -0.0206. The highest BCUT2D eigenvalue weighted by Gasteiger charge is 2.28. The van der Waals surface area contributed by atoms with Crippen LogP contribution in [0.3, 0.4) is 0 Å². The second-order valence-electron chi connectivity index (χ2n) is 8.21. The van der Waals surface area contributed by atoms with Crippen molar-refractivity contribution in [3.8, 4) is 11.1 Å². The third kappa shape index (κ3) is 3.84. The minimum Gasteiger partial charge on any atom is -0.367 e. The number of H-pyrrole nitrogens is 1. The Morgan fingerprint density at radius 1 is 1.00 bits per heavy atom. The lowest BCUT2D eigenvalue weighted by Crippen LogP contribution is -2.50. The van der Waals surface area contributed by atoms with Gasteiger partial charge in [0.15, 0.2) is 0 Å². The maximum absolute atomic E-state index is 13.1. The molecule has 1 N–H and O–H groups in total. The van der Waals surface area contributed by atoms with Crippen molar-refractivity contribution in [3.05, 3.63) is 83.6 Å². The number of halogens is 1. The van der Waals surface area contributed by atoms with Crippen molar-refractivity contribution in [2.45, 2.75) is 12.8 Å². The number of carbonyl (C=O) groups is 1. The second-order valence-corrected chi connectivity index (χ2v) is 8.65. The molecule has 2 aromatic heterocycles. The molecule has 2 aromatic carbocycles. The van der Waals surface area contributed by atoms with Crippen LogP contribution < -0.4 is 4.90 Å². The summed E-state index contributed by atoms with van der Waals surface area (Å²) in [7, 11) is 0. The number of nitrogens with zero attached hydrogens (tertiary/aromatic N) is 3. The third-order valence-electron chi connectivity index (χ3n) is 6.29. The SMILES string of the molecule is C[C@H](C(=O)N1CCN(c2c(-c3ccccc3)cnc3[nH]ccc23)CC1)c1ccc(Cl)cc1. The van der Waals surface area contributed by atoms with Gasteiger partial charge in [-0.15, -0.1) is 0 Å². The van der Waals surface area contributed by atoms with Gasteiger partial charge < -0.3 is 14.8 Å². The Hall–Kier alpha value is -3.31. The van der Waals surface area contributed by atoms with Crippen molar-refractivity contribution in [1.29, 1.82) is 0 Å². The van der Waals surface area contributed by atoms with E-state index >= 15 is 0 Å². The molecule has 32 heavy (non-hydrogen) atoms. The summed E-state index contributed by atoms with van der Waals surface area (Å²) in [6, 6.07) is 20.0. The Balaban J connectivity index is 1.38. The molecule has 0 bridgehead atoms. The summed E-state index contributed by atoms with van der Waals surface area (Å²) in [4.78, 5) is 25.4. The standard InChI is InChI=1S/C26H25ClN4O/c1-18(19-7-9-21(27)10-8-19)26(32)31-15-13-30(14-16-31)24-22-11-12-28-25(22)29-17-23(24)20-5-3-2-4-6-20/h2-12,17-18H,13-16H2,1H3,(H,28,29)/t18-/m0/s1. The minimum absolute atomic E-state index is 0.164. The van der Waals surface area contributed by atoms with Gasteiger partial charge in [0.05, 0.1) is 11.6 Å². The van der Waals surface area contributed by atoms with Crippen LogP contribution in [0.25, 0.3) is 22.2 Å². The highest BCUT2D eigenvalue weighted by Crippen LogP contribution is 2.36. The number of piperazine rings is 1. The summed E-state index contributed by atoms with van der Waals surface area (Å²) in [6.07, 6.45) is 3.88. The van der Waals surface area contributed by atoms with Gasteiger partial charge in [0.1, 0.15) is 5.65 Å². The van der Waals surface area contributed by atoms with Gasteiger partial charge in [0.2, 0.25) is 5.91 Å². The van der Waals surface area contributed by atoms with E-state index in [-0.39, 0.29) is 11.8 Å². The molecule has 1 saturated heterocycles. The van der Waals surface area contributed by atoms with Crippen LogP contribution in [0.15, 0.2) is 73.1 Å². The Kier molecular flexibility index (Phi) is 5.58. The number of fused-ring (bicyclic) bond motifs is 1. The molecule has 5 nitrogen and oxygen atoms in total. The van der Waals surface area contributed by atoms with Gasteiger partial charge in [-0.2, -0.15) is 0 Å². The molecule has 1 aliphatic heterocycles. The van der Waals surface area contributed by atoms with E-state index in [9.17, 15) is 4.79 Å². The van der Waals surface area contributed by atoms with Gasteiger partial charge in [-0.05, 0) is 36.2 Å². The van der Waals surface area contributed by atoms with Crippen LogP contribution in [0.4, 0.5) is 5.69 Å². The molecule has 1 aliphatic rings.